The largest absolute Gasteiger partial charge is 0.476 e. The van der Waals surface area contributed by atoms with E-state index in [1.54, 1.807) is 0 Å². The van der Waals surface area contributed by atoms with Crippen molar-refractivity contribution in [2.75, 3.05) is 0 Å². The molecule has 0 saturated carbocycles. The van der Waals surface area contributed by atoms with Crippen molar-refractivity contribution in [2.45, 2.75) is 6.04 Å². The fourth-order valence-electron chi connectivity index (χ4n) is 2.83. The number of H-pyrrole nitrogens is 1. The van der Waals surface area contributed by atoms with Crippen LogP contribution in [0.15, 0.2) is 35.3 Å². The minimum absolute atomic E-state index is 0. The van der Waals surface area contributed by atoms with E-state index in [2.05, 4.69) is 9.97 Å². The van der Waals surface area contributed by atoms with E-state index in [0.29, 0.717) is 11.4 Å². The third kappa shape index (κ3) is 1.69. The number of fused-ring (bicyclic) bond motifs is 5. The number of hydrogen-bond acceptors (Lipinski definition) is 4. The molecule has 1 aliphatic carbocycles. The molecule has 3 aromatic rings. The first-order chi connectivity index (χ1) is 10.1. The summed E-state index contributed by atoms with van der Waals surface area (Å²) < 4.78 is 1.47. The van der Waals surface area contributed by atoms with Gasteiger partial charge in [-0.05, 0) is 5.56 Å². The molecule has 22 heavy (non-hydrogen) atoms. The molecular weight excluding hydrogens is 308 g/mol. The zero-order valence-corrected chi connectivity index (χ0v) is 11.9. The minimum Gasteiger partial charge on any atom is -0.476 e. The number of nitrogens with zero attached hydrogens (tertiary/aromatic N) is 2. The van der Waals surface area contributed by atoms with Gasteiger partial charge in [0.1, 0.15) is 0 Å². The number of rotatable bonds is 1. The highest BCUT2D eigenvalue weighted by molar-refractivity contribution is 5.86. The second kappa shape index (κ2) is 4.69. The molecule has 2 aromatic heterocycles. The predicted octanol–water partition coefficient (Wildman–Crippen LogP) is 1.17. The van der Waals surface area contributed by atoms with Gasteiger partial charge < -0.3 is 15.8 Å². The first-order valence-electron chi connectivity index (χ1n) is 6.31. The summed E-state index contributed by atoms with van der Waals surface area (Å²) in [6.07, 6.45) is 1.33. The lowest BCUT2D eigenvalue weighted by Crippen LogP contribution is -2.18. The molecule has 8 heteroatoms. The monoisotopic (exact) mass is 318 g/mol. The molecule has 0 amide bonds. The summed E-state index contributed by atoms with van der Waals surface area (Å²) in [6.45, 7) is 0. The molecule has 0 radical (unpaired) electrons. The number of benzene rings is 1. The molecule has 112 valence electrons. The second-order valence-corrected chi connectivity index (χ2v) is 4.90. The van der Waals surface area contributed by atoms with E-state index in [9.17, 15) is 9.59 Å². The summed E-state index contributed by atoms with van der Waals surface area (Å²) >= 11 is 0. The van der Waals surface area contributed by atoms with Gasteiger partial charge in [0, 0.05) is 11.8 Å². The molecule has 0 aliphatic heterocycles. The van der Waals surface area contributed by atoms with E-state index in [-0.39, 0.29) is 23.7 Å². The van der Waals surface area contributed by atoms with Crippen LogP contribution in [0.25, 0.3) is 16.9 Å². The number of hydrogen-bond donors (Lipinski definition) is 3. The van der Waals surface area contributed by atoms with E-state index in [1.165, 1.54) is 10.6 Å². The average Bonchev–Trinajstić information content (AvgIpc) is 3.01. The van der Waals surface area contributed by atoms with Crippen molar-refractivity contribution < 1.29 is 9.90 Å². The third-order valence-electron chi connectivity index (χ3n) is 3.74. The Morgan fingerprint density at radius 2 is 2.09 bits per heavy atom. The molecule has 1 aromatic carbocycles. The molecule has 1 unspecified atom stereocenters. The maximum atomic E-state index is 12.1. The molecule has 7 nitrogen and oxygen atoms in total. The number of aromatic amines is 1. The minimum atomic E-state index is -1.18. The predicted molar refractivity (Wildman–Crippen MR) is 81.5 cm³/mol. The zero-order valence-electron chi connectivity index (χ0n) is 11.1. The Kier molecular flexibility index (Phi) is 3.05. The van der Waals surface area contributed by atoms with Crippen LogP contribution >= 0.6 is 12.4 Å². The molecular formula is C14H11ClN4O3. The van der Waals surface area contributed by atoms with Gasteiger partial charge in [-0.3, -0.25) is 9.20 Å². The van der Waals surface area contributed by atoms with Crippen LogP contribution in [0.3, 0.4) is 0 Å². The van der Waals surface area contributed by atoms with Crippen LogP contribution in [0, 0.1) is 0 Å². The van der Waals surface area contributed by atoms with Gasteiger partial charge in [-0.2, -0.15) is 0 Å². The van der Waals surface area contributed by atoms with Crippen LogP contribution in [-0.2, 0) is 0 Å². The molecule has 2 heterocycles. The lowest BCUT2D eigenvalue weighted by molar-refractivity contribution is 0.0691. The quantitative estimate of drug-likeness (QED) is 0.623. The van der Waals surface area contributed by atoms with Gasteiger partial charge >= 0.3 is 5.97 Å². The van der Waals surface area contributed by atoms with Crippen molar-refractivity contribution >= 4 is 24.0 Å². The van der Waals surface area contributed by atoms with Gasteiger partial charge in [-0.15, -0.1) is 12.4 Å². The van der Waals surface area contributed by atoms with Crippen molar-refractivity contribution in [2.24, 2.45) is 5.73 Å². The van der Waals surface area contributed by atoms with Crippen LogP contribution < -0.4 is 11.3 Å². The molecule has 1 atom stereocenters. The van der Waals surface area contributed by atoms with E-state index in [0.717, 1.165) is 11.1 Å². The van der Waals surface area contributed by atoms with Crippen molar-refractivity contribution in [1.82, 2.24) is 14.4 Å². The summed E-state index contributed by atoms with van der Waals surface area (Å²) in [5.41, 5.74) is 8.66. The number of nitrogens with one attached hydrogen (secondary N) is 1. The van der Waals surface area contributed by atoms with E-state index >= 15 is 0 Å². The maximum absolute atomic E-state index is 12.1. The van der Waals surface area contributed by atoms with Crippen LogP contribution in [0.5, 0.6) is 0 Å². The van der Waals surface area contributed by atoms with E-state index in [4.69, 9.17) is 10.8 Å². The Bertz CT molecular complexity index is 976. The number of imidazole rings is 1. The first-order valence-corrected chi connectivity index (χ1v) is 6.31. The fourth-order valence-corrected chi connectivity index (χ4v) is 2.83. The molecule has 0 bridgehead atoms. The maximum Gasteiger partial charge on any atom is 0.356 e. The number of carbonyl (C=O) groups is 1. The number of carboxylic acids is 1. The Morgan fingerprint density at radius 3 is 2.82 bits per heavy atom. The second-order valence-electron chi connectivity index (χ2n) is 4.90. The van der Waals surface area contributed by atoms with Crippen LogP contribution in [-0.4, -0.2) is 25.4 Å². The normalized spacial score (nSPS) is 15.2. The summed E-state index contributed by atoms with van der Waals surface area (Å²) in [5, 5.41) is 9.05. The van der Waals surface area contributed by atoms with Gasteiger partial charge in [0.15, 0.2) is 5.69 Å². The summed E-state index contributed by atoms with van der Waals surface area (Å²) in [6, 6.07) is 7.05. The van der Waals surface area contributed by atoms with Crippen LogP contribution in [0.4, 0.5) is 0 Å². The van der Waals surface area contributed by atoms with Gasteiger partial charge in [0.05, 0.1) is 17.4 Å². The van der Waals surface area contributed by atoms with Gasteiger partial charge in [0.2, 0.25) is 5.65 Å². The average molecular weight is 319 g/mol. The Hall–Kier alpha value is -2.64. The molecule has 0 saturated heterocycles. The van der Waals surface area contributed by atoms with Crippen LogP contribution in [0.1, 0.15) is 27.8 Å². The van der Waals surface area contributed by atoms with Crippen LogP contribution in [0.2, 0.25) is 0 Å². The van der Waals surface area contributed by atoms with E-state index < -0.39 is 17.6 Å². The van der Waals surface area contributed by atoms with Gasteiger partial charge in [0.25, 0.3) is 5.56 Å². The molecule has 0 fully saturated rings. The summed E-state index contributed by atoms with van der Waals surface area (Å²) in [5.74, 6) is -1.18. The fraction of sp³-hybridized carbons (Fsp3) is 0.0714. The van der Waals surface area contributed by atoms with Crippen molar-refractivity contribution in [3.8, 4) is 11.3 Å². The van der Waals surface area contributed by atoms with Crippen molar-refractivity contribution in [3.63, 3.8) is 0 Å². The Balaban J connectivity index is 0.00000144. The Labute approximate surface area is 129 Å². The summed E-state index contributed by atoms with van der Waals surface area (Å²) in [4.78, 5) is 29.8. The lowest BCUT2D eigenvalue weighted by atomic mass is 10.1. The third-order valence-corrected chi connectivity index (χ3v) is 3.74. The highest BCUT2D eigenvalue weighted by atomic mass is 35.5. The lowest BCUT2D eigenvalue weighted by Gasteiger charge is -2.08. The molecule has 1 aliphatic rings. The smallest absolute Gasteiger partial charge is 0.356 e. The summed E-state index contributed by atoms with van der Waals surface area (Å²) in [7, 11) is 0. The number of nitrogens with two attached hydrogens (primary N) is 1. The highest BCUT2D eigenvalue weighted by Crippen LogP contribution is 2.40. The highest BCUT2D eigenvalue weighted by Gasteiger charge is 2.30. The topological polar surface area (TPSA) is 113 Å². The van der Waals surface area contributed by atoms with E-state index in [1.807, 2.05) is 24.3 Å². The number of halogens is 1. The SMILES string of the molecule is Cl.NC1c2ccccc2-c2[nH]c(=O)c3nc(C(=O)O)cn3c21. The van der Waals surface area contributed by atoms with Gasteiger partial charge in [-0.1, -0.05) is 24.3 Å². The Morgan fingerprint density at radius 1 is 1.36 bits per heavy atom. The molecule has 0 spiro atoms. The first kappa shape index (κ1) is 14.3. The standard InChI is InChI=1S/C14H10N4O3.ClH/c15-9-6-3-1-2-4-7(6)10-11(9)18-5-8(14(20)21)16-12(18)13(19)17-10;/h1-5,9H,15H2,(H,17,19)(H,20,21);1H. The number of aromatic nitrogens is 3. The number of aromatic carboxylic acids is 1. The van der Waals surface area contributed by atoms with Gasteiger partial charge in [-0.25, -0.2) is 9.78 Å². The molecule has 4 rings (SSSR count). The zero-order chi connectivity index (χ0) is 14.7. The number of carboxylic acid groups (broad SMARTS) is 1. The van der Waals surface area contributed by atoms with Crippen molar-refractivity contribution in [3.05, 3.63) is 57.8 Å². The van der Waals surface area contributed by atoms with Crippen molar-refractivity contribution in [1.29, 1.82) is 0 Å². The molecule has 4 N–H and O–H groups in total.